The van der Waals surface area contributed by atoms with Crippen LogP contribution in [0.2, 0.25) is 5.04 Å². The molecule has 3 N–H and O–H groups in total. The highest BCUT2D eigenvalue weighted by atomic mass is 32.2. The monoisotopic (exact) mass is 565 g/mol. The summed E-state index contributed by atoms with van der Waals surface area (Å²) in [6.07, 6.45) is -0.722. The van der Waals surface area contributed by atoms with E-state index in [1.807, 2.05) is 67.6 Å². The van der Waals surface area contributed by atoms with Crippen LogP contribution in [0, 0.1) is 6.92 Å². The molecule has 0 amide bonds. The molecular weight excluding hydrogens is 530 g/mol. The summed E-state index contributed by atoms with van der Waals surface area (Å²) < 4.78 is 39.0. The van der Waals surface area contributed by atoms with Crippen LogP contribution in [0.25, 0.3) is 0 Å². The number of hydrogen-bond donors (Lipinski definition) is 2. The van der Waals surface area contributed by atoms with Crippen LogP contribution in [0.4, 0.5) is 0 Å². The molecule has 1 aliphatic carbocycles. The normalized spacial score (nSPS) is 20.3. The maximum absolute atomic E-state index is 13.1. The summed E-state index contributed by atoms with van der Waals surface area (Å²) in [5.74, 6) is -1.17. The zero-order chi connectivity index (χ0) is 28.4. The van der Waals surface area contributed by atoms with Crippen LogP contribution in [0.15, 0.2) is 101 Å². The lowest BCUT2D eigenvalue weighted by Gasteiger charge is -2.47. The van der Waals surface area contributed by atoms with Gasteiger partial charge in [0.05, 0.1) is 17.0 Å². The molecule has 0 unspecified atom stereocenters. The van der Waals surface area contributed by atoms with Crippen molar-refractivity contribution >= 4 is 34.8 Å². The van der Waals surface area contributed by atoms with E-state index in [0.717, 1.165) is 15.9 Å². The summed E-state index contributed by atoms with van der Waals surface area (Å²) in [5.41, 5.74) is 7.57. The van der Waals surface area contributed by atoms with Crippen molar-refractivity contribution in [2.45, 2.75) is 62.3 Å². The Kier molecular flexibility index (Phi) is 8.29. The first kappa shape index (κ1) is 28.9. The Morgan fingerprint density at radius 3 is 1.90 bits per heavy atom. The average molecular weight is 566 g/mol. The zero-order valence-corrected chi connectivity index (χ0v) is 24.4. The van der Waals surface area contributed by atoms with Crippen molar-refractivity contribution in [3.8, 4) is 0 Å². The van der Waals surface area contributed by atoms with E-state index in [1.165, 1.54) is 18.2 Å². The van der Waals surface area contributed by atoms with Gasteiger partial charge in [0.2, 0.25) is 0 Å². The summed E-state index contributed by atoms with van der Waals surface area (Å²) in [6.45, 7) is 8.18. The highest BCUT2D eigenvalue weighted by Crippen LogP contribution is 2.39. The Morgan fingerprint density at radius 2 is 1.44 bits per heavy atom. The van der Waals surface area contributed by atoms with Gasteiger partial charge in [-0.2, -0.15) is 8.42 Å². The van der Waals surface area contributed by atoms with Gasteiger partial charge in [-0.1, -0.05) is 99.1 Å². The number of rotatable bonds is 8. The van der Waals surface area contributed by atoms with E-state index >= 15 is 0 Å². The van der Waals surface area contributed by atoms with Crippen molar-refractivity contribution in [3.05, 3.63) is 102 Å². The third kappa shape index (κ3) is 5.92. The minimum Gasteiger partial charge on any atom is -0.478 e. The second kappa shape index (κ2) is 11.2. The van der Waals surface area contributed by atoms with E-state index in [2.05, 4.69) is 20.8 Å². The zero-order valence-electron chi connectivity index (χ0n) is 22.6. The van der Waals surface area contributed by atoms with Crippen molar-refractivity contribution in [2.75, 3.05) is 0 Å². The summed E-state index contributed by atoms with van der Waals surface area (Å²) in [7, 11) is -7.33. The molecule has 0 aliphatic heterocycles. The summed E-state index contributed by atoms with van der Waals surface area (Å²) >= 11 is 0. The number of carboxylic acid groups (broad SMARTS) is 1. The molecule has 9 heteroatoms. The van der Waals surface area contributed by atoms with Gasteiger partial charge < -0.3 is 15.3 Å². The van der Waals surface area contributed by atoms with Crippen molar-refractivity contribution in [3.63, 3.8) is 0 Å². The number of carboxylic acids is 1. The fourth-order valence-corrected chi connectivity index (χ4v) is 10.9. The molecule has 3 aromatic carbocycles. The number of nitrogens with two attached hydrogens (primary N) is 1. The molecule has 0 aromatic heterocycles. The maximum atomic E-state index is 13.1. The van der Waals surface area contributed by atoms with Gasteiger partial charge in [0.25, 0.3) is 18.4 Å². The SMILES string of the molecule is Cc1ccc(S(=O)(=O)O[C@H]2C=C(C(=O)O)C[C@@H](O[Si](c3ccccc3)(c3ccccc3)C(C)(C)C)[C@H]2N)cc1. The molecule has 1 aliphatic rings. The van der Waals surface area contributed by atoms with Crippen molar-refractivity contribution in [1.29, 1.82) is 0 Å². The van der Waals surface area contributed by atoms with E-state index < -0.39 is 42.7 Å². The lowest BCUT2D eigenvalue weighted by atomic mass is 9.91. The number of hydrogen-bond acceptors (Lipinski definition) is 6. The van der Waals surface area contributed by atoms with Crippen LogP contribution in [-0.4, -0.2) is 46.1 Å². The van der Waals surface area contributed by atoms with Crippen LogP contribution in [0.3, 0.4) is 0 Å². The number of aliphatic carboxylic acids is 1. The largest absolute Gasteiger partial charge is 0.478 e. The minimum atomic E-state index is -4.22. The van der Waals surface area contributed by atoms with Gasteiger partial charge in [-0.25, -0.2) is 4.79 Å². The van der Waals surface area contributed by atoms with Gasteiger partial charge in [-0.15, -0.1) is 0 Å². The van der Waals surface area contributed by atoms with Gasteiger partial charge >= 0.3 is 5.97 Å². The second-order valence-electron chi connectivity index (χ2n) is 10.9. The molecule has 0 radical (unpaired) electrons. The molecule has 0 bridgehead atoms. The smallest absolute Gasteiger partial charge is 0.331 e. The topological polar surface area (TPSA) is 116 Å². The van der Waals surface area contributed by atoms with Crippen molar-refractivity contribution < 1.29 is 26.9 Å². The average Bonchev–Trinajstić information content (AvgIpc) is 2.89. The van der Waals surface area contributed by atoms with Gasteiger partial charge in [0.15, 0.2) is 0 Å². The van der Waals surface area contributed by atoms with Crippen LogP contribution < -0.4 is 16.1 Å². The summed E-state index contributed by atoms with van der Waals surface area (Å²) in [4.78, 5) is 12.1. The number of aryl methyl sites for hydroxylation is 1. The lowest BCUT2D eigenvalue weighted by molar-refractivity contribution is -0.133. The molecular formula is C30H35NO6SSi. The molecule has 0 fully saturated rings. The summed E-state index contributed by atoms with van der Waals surface area (Å²) in [6, 6.07) is 25.1. The van der Waals surface area contributed by atoms with Crippen LogP contribution in [-0.2, 0) is 23.5 Å². The molecule has 0 saturated heterocycles. The van der Waals surface area contributed by atoms with E-state index in [9.17, 15) is 18.3 Å². The van der Waals surface area contributed by atoms with Crippen LogP contribution >= 0.6 is 0 Å². The molecule has 3 atom stereocenters. The van der Waals surface area contributed by atoms with E-state index in [4.69, 9.17) is 14.3 Å². The van der Waals surface area contributed by atoms with Gasteiger partial charge in [-0.05, 0) is 40.5 Å². The van der Waals surface area contributed by atoms with Crippen LogP contribution in [0.5, 0.6) is 0 Å². The van der Waals surface area contributed by atoms with Crippen molar-refractivity contribution in [2.24, 2.45) is 5.73 Å². The van der Waals surface area contributed by atoms with E-state index in [1.54, 1.807) is 12.1 Å². The Morgan fingerprint density at radius 1 is 0.923 bits per heavy atom. The first-order valence-electron chi connectivity index (χ1n) is 12.8. The third-order valence-corrected chi connectivity index (χ3v) is 13.5. The Balaban J connectivity index is 1.79. The Bertz CT molecular complexity index is 1390. The third-order valence-electron chi connectivity index (χ3n) is 7.16. The molecule has 0 spiro atoms. The fraction of sp³-hybridized carbons (Fsp3) is 0.300. The molecule has 39 heavy (non-hydrogen) atoms. The van der Waals surface area contributed by atoms with Crippen LogP contribution in [0.1, 0.15) is 32.8 Å². The molecule has 7 nitrogen and oxygen atoms in total. The first-order valence-corrected chi connectivity index (χ1v) is 16.2. The maximum Gasteiger partial charge on any atom is 0.331 e. The number of carbonyl (C=O) groups is 1. The lowest BCUT2D eigenvalue weighted by Crippen LogP contribution is -2.69. The highest BCUT2D eigenvalue weighted by molar-refractivity contribution is 7.86. The quantitative estimate of drug-likeness (QED) is 0.316. The Labute approximate surface area is 231 Å². The summed E-state index contributed by atoms with van der Waals surface area (Å²) in [5, 5.41) is 11.6. The molecule has 3 aromatic rings. The van der Waals surface area contributed by atoms with E-state index in [0.29, 0.717) is 0 Å². The second-order valence-corrected chi connectivity index (χ2v) is 16.8. The fourth-order valence-electron chi connectivity index (χ4n) is 5.14. The molecule has 0 heterocycles. The number of benzene rings is 3. The molecule has 0 saturated carbocycles. The van der Waals surface area contributed by atoms with E-state index in [-0.39, 0.29) is 21.9 Å². The highest BCUT2D eigenvalue weighted by Gasteiger charge is 2.53. The minimum absolute atomic E-state index is 0.00346. The van der Waals surface area contributed by atoms with Crippen molar-refractivity contribution in [1.82, 2.24) is 0 Å². The molecule has 206 valence electrons. The molecule has 4 rings (SSSR count). The van der Waals surface area contributed by atoms with Gasteiger partial charge in [0.1, 0.15) is 6.10 Å². The van der Waals surface area contributed by atoms with Gasteiger partial charge in [-0.3, -0.25) is 4.18 Å². The Hall–Kier alpha value is -3.08. The predicted molar refractivity (Wildman–Crippen MR) is 154 cm³/mol. The first-order chi connectivity index (χ1) is 18.3. The predicted octanol–water partition coefficient (Wildman–Crippen LogP) is 3.76. The van der Waals surface area contributed by atoms with Gasteiger partial charge in [0, 0.05) is 12.0 Å². The standard InChI is InChI=1S/C30H35NO6SSi/c1-21-15-17-23(18-16-21)38(34,35)36-26-19-22(29(32)33)20-27(28(26)31)37-39(30(2,3)4,24-11-7-5-8-12-24)25-13-9-6-10-14-25/h5-19,26-28H,20,31H2,1-4H3,(H,32,33)/t26-,27+,28-/m0/s1.